The van der Waals surface area contributed by atoms with Gasteiger partial charge in [0.05, 0.1) is 6.42 Å². The van der Waals surface area contributed by atoms with Gasteiger partial charge in [0.2, 0.25) is 0 Å². The number of aliphatic carboxylic acids is 1. The molecule has 0 spiro atoms. The first-order chi connectivity index (χ1) is 7.88. The Morgan fingerprint density at radius 1 is 1.59 bits per heavy atom. The molecule has 0 radical (unpaired) electrons. The van der Waals surface area contributed by atoms with Crippen LogP contribution in [0.4, 0.5) is 0 Å². The van der Waals surface area contributed by atoms with Crippen molar-refractivity contribution in [2.45, 2.75) is 64.6 Å². The van der Waals surface area contributed by atoms with Gasteiger partial charge in [-0.05, 0) is 40.2 Å². The summed E-state index contributed by atoms with van der Waals surface area (Å²) in [5.41, 5.74) is 0.0685. The van der Waals surface area contributed by atoms with E-state index in [0.29, 0.717) is 6.04 Å². The molecule has 17 heavy (non-hydrogen) atoms. The summed E-state index contributed by atoms with van der Waals surface area (Å²) in [4.78, 5) is 13.4. The van der Waals surface area contributed by atoms with Crippen molar-refractivity contribution in [1.29, 1.82) is 0 Å². The van der Waals surface area contributed by atoms with Crippen LogP contribution in [0.3, 0.4) is 0 Å². The van der Waals surface area contributed by atoms with Gasteiger partial charge in [0.25, 0.3) is 0 Å². The van der Waals surface area contributed by atoms with Crippen LogP contribution >= 0.6 is 0 Å². The van der Waals surface area contributed by atoms with Gasteiger partial charge in [-0.15, -0.1) is 0 Å². The summed E-state index contributed by atoms with van der Waals surface area (Å²) in [6.45, 7) is 10.6. The van der Waals surface area contributed by atoms with E-state index in [0.717, 1.165) is 25.9 Å². The molecule has 0 aromatic rings. The second kappa shape index (κ2) is 5.83. The molecule has 4 nitrogen and oxygen atoms in total. The van der Waals surface area contributed by atoms with E-state index in [1.54, 1.807) is 0 Å². The maximum Gasteiger partial charge on any atom is 0.304 e. The number of hydrogen-bond donors (Lipinski definition) is 2. The van der Waals surface area contributed by atoms with Crippen LogP contribution in [0, 0.1) is 0 Å². The highest BCUT2D eigenvalue weighted by Crippen LogP contribution is 2.28. The Morgan fingerprint density at radius 3 is 2.76 bits per heavy atom. The van der Waals surface area contributed by atoms with Crippen LogP contribution in [0.1, 0.15) is 47.0 Å². The molecule has 1 heterocycles. The second-order valence-corrected chi connectivity index (χ2v) is 5.68. The van der Waals surface area contributed by atoms with Gasteiger partial charge in [-0.3, -0.25) is 9.69 Å². The maximum atomic E-state index is 11.0. The molecule has 2 unspecified atom stereocenters. The van der Waals surface area contributed by atoms with Crippen LogP contribution in [0.2, 0.25) is 0 Å². The average molecular weight is 242 g/mol. The molecule has 4 heteroatoms. The second-order valence-electron chi connectivity index (χ2n) is 5.68. The topological polar surface area (TPSA) is 52.6 Å². The van der Waals surface area contributed by atoms with E-state index >= 15 is 0 Å². The monoisotopic (exact) mass is 242 g/mol. The third-order valence-electron chi connectivity index (χ3n) is 3.86. The number of carboxylic acid groups (broad SMARTS) is 1. The molecule has 1 aliphatic heterocycles. The smallest absolute Gasteiger partial charge is 0.304 e. The van der Waals surface area contributed by atoms with Crippen molar-refractivity contribution in [3.63, 3.8) is 0 Å². The van der Waals surface area contributed by atoms with Gasteiger partial charge in [-0.2, -0.15) is 0 Å². The molecule has 100 valence electrons. The van der Waals surface area contributed by atoms with Gasteiger partial charge >= 0.3 is 5.97 Å². The molecule has 0 bridgehead atoms. The molecular formula is C13H26N2O2. The summed E-state index contributed by atoms with van der Waals surface area (Å²) >= 11 is 0. The standard InChI is InChI=1S/C13H26N2O2/c1-5-10(2)15-11(8-12(16)17)9-14-7-6-13(15,3)4/h10-11,14H,5-9H2,1-4H3,(H,16,17). The fourth-order valence-corrected chi connectivity index (χ4v) is 2.91. The zero-order valence-electron chi connectivity index (χ0n) is 11.5. The Labute approximate surface area is 104 Å². The summed E-state index contributed by atoms with van der Waals surface area (Å²) < 4.78 is 0. The molecule has 1 aliphatic rings. The lowest BCUT2D eigenvalue weighted by atomic mass is 9.93. The van der Waals surface area contributed by atoms with Gasteiger partial charge in [0, 0.05) is 24.2 Å². The van der Waals surface area contributed by atoms with Crippen LogP contribution in [0.25, 0.3) is 0 Å². The molecule has 0 aromatic carbocycles. The lowest BCUT2D eigenvalue weighted by Crippen LogP contribution is -2.55. The fourth-order valence-electron chi connectivity index (χ4n) is 2.91. The Balaban J connectivity index is 2.92. The average Bonchev–Trinajstić information content (AvgIpc) is 2.35. The number of carboxylic acids is 1. The molecule has 0 aliphatic carbocycles. The van der Waals surface area contributed by atoms with Gasteiger partial charge in [-0.25, -0.2) is 0 Å². The van der Waals surface area contributed by atoms with Gasteiger partial charge in [-0.1, -0.05) is 6.92 Å². The van der Waals surface area contributed by atoms with Crippen molar-refractivity contribution in [3.8, 4) is 0 Å². The van der Waals surface area contributed by atoms with Crippen molar-refractivity contribution < 1.29 is 9.90 Å². The normalized spacial score (nSPS) is 27.4. The molecular weight excluding hydrogens is 216 g/mol. The molecule has 2 N–H and O–H groups in total. The number of rotatable bonds is 4. The van der Waals surface area contributed by atoms with Gasteiger partial charge in [0.15, 0.2) is 0 Å². The lowest BCUT2D eigenvalue weighted by Gasteiger charge is -2.45. The van der Waals surface area contributed by atoms with E-state index < -0.39 is 5.97 Å². The summed E-state index contributed by atoms with van der Waals surface area (Å²) in [6, 6.07) is 0.522. The largest absolute Gasteiger partial charge is 0.481 e. The highest BCUT2D eigenvalue weighted by molar-refractivity contribution is 5.67. The first kappa shape index (κ1) is 14.5. The van der Waals surface area contributed by atoms with Crippen molar-refractivity contribution in [1.82, 2.24) is 10.2 Å². The van der Waals surface area contributed by atoms with E-state index in [1.807, 2.05) is 0 Å². The van der Waals surface area contributed by atoms with E-state index in [4.69, 9.17) is 5.11 Å². The fraction of sp³-hybridized carbons (Fsp3) is 0.923. The molecule has 1 saturated heterocycles. The summed E-state index contributed by atoms with van der Waals surface area (Å²) in [5.74, 6) is -0.706. The lowest BCUT2D eigenvalue weighted by molar-refractivity contribution is -0.139. The van der Waals surface area contributed by atoms with Crippen LogP contribution in [-0.2, 0) is 4.79 Å². The van der Waals surface area contributed by atoms with Crippen LogP contribution in [-0.4, -0.2) is 46.7 Å². The highest BCUT2D eigenvalue weighted by Gasteiger charge is 2.37. The first-order valence-corrected chi connectivity index (χ1v) is 6.59. The van der Waals surface area contributed by atoms with Crippen LogP contribution in [0.15, 0.2) is 0 Å². The summed E-state index contributed by atoms with van der Waals surface area (Å²) in [5, 5.41) is 12.4. The Bertz CT molecular complexity index is 266. The van der Waals surface area contributed by atoms with E-state index in [2.05, 4.69) is 37.9 Å². The van der Waals surface area contributed by atoms with E-state index in [1.165, 1.54) is 0 Å². The Kier molecular flexibility index (Phi) is 4.95. The maximum absolute atomic E-state index is 11.0. The zero-order chi connectivity index (χ0) is 13.1. The molecule has 1 rings (SSSR count). The highest BCUT2D eigenvalue weighted by atomic mass is 16.4. The van der Waals surface area contributed by atoms with Crippen LogP contribution < -0.4 is 5.32 Å². The van der Waals surface area contributed by atoms with Gasteiger partial charge in [0.1, 0.15) is 0 Å². The van der Waals surface area contributed by atoms with E-state index in [-0.39, 0.29) is 18.0 Å². The summed E-state index contributed by atoms with van der Waals surface area (Å²) in [6.07, 6.45) is 2.34. The Hall–Kier alpha value is -0.610. The Morgan fingerprint density at radius 2 is 2.24 bits per heavy atom. The van der Waals surface area contributed by atoms with Crippen molar-refractivity contribution in [2.75, 3.05) is 13.1 Å². The minimum absolute atomic E-state index is 0.0685. The van der Waals surface area contributed by atoms with Crippen molar-refractivity contribution >= 4 is 5.97 Å². The molecule has 0 aromatic heterocycles. The van der Waals surface area contributed by atoms with Crippen LogP contribution in [0.5, 0.6) is 0 Å². The molecule has 0 amide bonds. The third kappa shape index (κ3) is 3.68. The zero-order valence-corrected chi connectivity index (χ0v) is 11.5. The SMILES string of the molecule is CCC(C)N1C(CC(=O)O)CNCCC1(C)C. The number of nitrogens with one attached hydrogen (secondary N) is 1. The quantitative estimate of drug-likeness (QED) is 0.788. The summed E-state index contributed by atoms with van der Waals surface area (Å²) in [7, 11) is 0. The molecule has 1 fully saturated rings. The number of carbonyl (C=O) groups is 1. The van der Waals surface area contributed by atoms with Gasteiger partial charge < -0.3 is 10.4 Å². The first-order valence-electron chi connectivity index (χ1n) is 6.59. The van der Waals surface area contributed by atoms with Crippen molar-refractivity contribution in [2.24, 2.45) is 0 Å². The number of hydrogen-bond acceptors (Lipinski definition) is 3. The van der Waals surface area contributed by atoms with E-state index in [9.17, 15) is 4.79 Å². The predicted octanol–water partition coefficient (Wildman–Crippen LogP) is 1.70. The van der Waals surface area contributed by atoms with Crippen molar-refractivity contribution in [3.05, 3.63) is 0 Å². The molecule has 0 saturated carbocycles. The minimum Gasteiger partial charge on any atom is -0.481 e. The predicted molar refractivity (Wildman–Crippen MR) is 69.2 cm³/mol. The third-order valence-corrected chi connectivity index (χ3v) is 3.86. The number of nitrogens with zero attached hydrogens (tertiary/aromatic N) is 1. The minimum atomic E-state index is -0.706. The molecule has 2 atom stereocenters.